The molecule has 0 unspecified atom stereocenters. The second kappa shape index (κ2) is 11.5. The highest BCUT2D eigenvalue weighted by Crippen LogP contribution is 2.29. The van der Waals surface area contributed by atoms with Crippen LogP contribution in [0.1, 0.15) is 37.8 Å². The first-order valence-electron chi connectivity index (χ1n) is 11.2. The molecule has 1 aliphatic heterocycles. The van der Waals surface area contributed by atoms with Crippen LogP contribution in [-0.2, 0) is 16.1 Å². The predicted octanol–water partition coefficient (Wildman–Crippen LogP) is 3.51. The lowest BCUT2D eigenvalue weighted by molar-refractivity contribution is -0.132. The molecule has 1 heterocycles. The van der Waals surface area contributed by atoms with Crippen LogP contribution in [0.5, 0.6) is 11.5 Å². The minimum absolute atomic E-state index is 0.0178. The molecule has 1 N–H and O–H groups in total. The van der Waals surface area contributed by atoms with Crippen molar-refractivity contribution in [2.45, 2.75) is 33.2 Å². The molecular weight excluding hydrogens is 420 g/mol. The SMILES string of the molecule is CCN(CC)CC(=O)Nc1ccc(CN2N=C(c3ccc(OC)c(OC)c3)CCC2=O)cc1. The quantitative estimate of drug-likeness (QED) is 0.596. The van der Waals surface area contributed by atoms with E-state index in [1.54, 1.807) is 14.2 Å². The largest absolute Gasteiger partial charge is 0.493 e. The van der Waals surface area contributed by atoms with Crippen molar-refractivity contribution < 1.29 is 19.1 Å². The van der Waals surface area contributed by atoms with E-state index in [0.29, 0.717) is 37.4 Å². The molecule has 0 aliphatic carbocycles. The zero-order chi connectivity index (χ0) is 23.8. The van der Waals surface area contributed by atoms with Gasteiger partial charge in [0.25, 0.3) is 0 Å². The van der Waals surface area contributed by atoms with Crippen LogP contribution in [0, 0.1) is 0 Å². The van der Waals surface area contributed by atoms with Crippen LogP contribution in [0.25, 0.3) is 0 Å². The summed E-state index contributed by atoms with van der Waals surface area (Å²) in [5, 5.41) is 9.03. The van der Waals surface area contributed by atoms with E-state index < -0.39 is 0 Å². The molecule has 8 nitrogen and oxygen atoms in total. The van der Waals surface area contributed by atoms with Gasteiger partial charge in [-0.15, -0.1) is 0 Å². The minimum Gasteiger partial charge on any atom is -0.493 e. The van der Waals surface area contributed by atoms with Crippen LogP contribution in [0.3, 0.4) is 0 Å². The molecule has 176 valence electrons. The Hall–Kier alpha value is -3.39. The monoisotopic (exact) mass is 452 g/mol. The number of nitrogens with zero attached hydrogens (tertiary/aromatic N) is 3. The average molecular weight is 453 g/mol. The van der Waals surface area contributed by atoms with E-state index in [-0.39, 0.29) is 11.8 Å². The number of carbonyl (C=O) groups is 2. The Morgan fingerprint density at radius 1 is 1.03 bits per heavy atom. The van der Waals surface area contributed by atoms with Crippen LogP contribution < -0.4 is 14.8 Å². The van der Waals surface area contributed by atoms with Crippen LogP contribution >= 0.6 is 0 Å². The number of amides is 2. The normalized spacial score (nSPS) is 13.7. The molecular formula is C25H32N4O4. The maximum Gasteiger partial charge on any atom is 0.243 e. The van der Waals surface area contributed by atoms with E-state index >= 15 is 0 Å². The van der Waals surface area contributed by atoms with E-state index in [1.807, 2.05) is 56.3 Å². The van der Waals surface area contributed by atoms with Crippen molar-refractivity contribution in [1.82, 2.24) is 9.91 Å². The first kappa shape index (κ1) is 24.3. The third kappa shape index (κ3) is 6.32. The molecule has 0 bridgehead atoms. The number of benzene rings is 2. The summed E-state index contributed by atoms with van der Waals surface area (Å²) in [4.78, 5) is 26.7. The lowest BCUT2D eigenvalue weighted by Crippen LogP contribution is -2.33. The lowest BCUT2D eigenvalue weighted by Gasteiger charge is -2.24. The molecule has 0 radical (unpaired) electrons. The summed E-state index contributed by atoms with van der Waals surface area (Å²) in [7, 11) is 3.19. The Morgan fingerprint density at radius 2 is 1.73 bits per heavy atom. The number of hydrogen-bond donors (Lipinski definition) is 1. The van der Waals surface area contributed by atoms with Gasteiger partial charge in [-0.1, -0.05) is 26.0 Å². The smallest absolute Gasteiger partial charge is 0.243 e. The topological polar surface area (TPSA) is 83.5 Å². The Kier molecular flexibility index (Phi) is 8.43. The summed E-state index contributed by atoms with van der Waals surface area (Å²) < 4.78 is 10.7. The molecule has 3 rings (SSSR count). The predicted molar refractivity (Wildman–Crippen MR) is 129 cm³/mol. The Morgan fingerprint density at radius 3 is 2.36 bits per heavy atom. The number of likely N-dealkylation sites (N-methyl/N-ethyl adjacent to an activating group) is 1. The summed E-state index contributed by atoms with van der Waals surface area (Å²) in [5.41, 5.74) is 3.39. The molecule has 0 aromatic heterocycles. The van der Waals surface area contributed by atoms with Gasteiger partial charge in [0.15, 0.2) is 11.5 Å². The van der Waals surface area contributed by atoms with Crippen molar-refractivity contribution in [3.05, 3.63) is 53.6 Å². The molecule has 0 spiro atoms. The molecule has 0 saturated heterocycles. The molecule has 1 aliphatic rings. The molecule has 0 atom stereocenters. The van der Waals surface area contributed by atoms with E-state index in [1.165, 1.54) is 5.01 Å². The van der Waals surface area contributed by atoms with Gasteiger partial charge in [-0.05, 0) is 49.0 Å². The molecule has 8 heteroatoms. The fraction of sp³-hybridized carbons (Fsp3) is 0.400. The first-order valence-corrected chi connectivity index (χ1v) is 11.2. The van der Waals surface area contributed by atoms with Crippen molar-refractivity contribution in [3.63, 3.8) is 0 Å². The lowest BCUT2D eigenvalue weighted by atomic mass is 10.0. The highest BCUT2D eigenvalue weighted by atomic mass is 16.5. The second-order valence-corrected chi connectivity index (χ2v) is 7.77. The maximum absolute atomic E-state index is 12.5. The number of hydrogen-bond acceptors (Lipinski definition) is 6. The standard InChI is InChI=1S/C25H32N4O4/c1-5-28(6-2)17-24(30)26-20-10-7-18(8-11-20)16-29-25(31)14-12-21(27-29)19-9-13-22(32-3)23(15-19)33-4/h7-11,13,15H,5-6,12,14,16-17H2,1-4H3,(H,26,30). The minimum atomic E-state index is -0.0400. The van der Waals surface area contributed by atoms with Gasteiger partial charge < -0.3 is 14.8 Å². The summed E-state index contributed by atoms with van der Waals surface area (Å²) >= 11 is 0. The number of carbonyl (C=O) groups excluding carboxylic acids is 2. The van der Waals surface area contributed by atoms with Crippen LogP contribution in [0.4, 0.5) is 5.69 Å². The Balaban J connectivity index is 1.68. The van der Waals surface area contributed by atoms with Crippen LogP contribution in [0.2, 0.25) is 0 Å². The van der Waals surface area contributed by atoms with Gasteiger partial charge in [0, 0.05) is 24.1 Å². The fourth-order valence-electron chi connectivity index (χ4n) is 3.66. The average Bonchev–Trinajstić information content (AvgIpc) is 2.84. The molecule has 2 aromatic rings. The van der Waals surface area contributed by atoms with Gasteiger partial charge in [0.1, 0.15) is 0 Å². The van der Waals surface area contributed by atoms with Crippen LogP contribution in [0.15, 0.2) is 47.6 Å². The van der Waals surface area contributed by atoms with Crippen molar-refractivity contribution in [2.24, 2.45) is 5.10 Å². The number of rotatable bonds is 10. The Labute approximate surface area is 195 Å². The summed E-state index contributed by atoms with van der Waals surface area (Å²) in [5.74, 6) is 1.22. The van der Waals surface area contributed by atoms with Gasteiger partial charge in [-0.3, -0.25) is 14.5 Å². The van der Waals surface area contributed by atoms with Crippen molar-refractivity contribution in [3.8, 4) is 11.5 Å². The fourth-order valence-corrected chi connectivity index (χ4v) is 3.66. The third-order valence-electron chi connectivity index (χ3n) is 5.65. The van der Waals surface area contributed by atoms with E-state index in [2.05, 4.69) is 15.3 Å². The highest BCUT2D eigenvalue weighted by molar-refractivity contribution is 6.04. The third-order valence-corrected chi connectivity index (χ3v) is 5.65. The van der Waals surface area contributed by atoms with Gasteiger partial charge in [0.2, 0.25) is 11.8 Å². The number of nitrogens with one attached hydrogen (secondary N) is 1. The molecule has 2 aromatic carbocycles. The van der Waals surface area contributed by atoms with E-state index in [0.717, 1.165) is 35.6 Å². The van der Waals surface area contributed by atoms with Gasteiger partial charge >= 0.3 is 0 Å². The number of ether oxygens (including phenoxy) is 2. The van der Waals surface area contributed by atoms with Gasteiger partial charge in [-0.2, -0.15) is 5.10 Å². The van der Waals surface area contributed by atoms with E-state index in [9.17, 15) is 9.59 Å². The van der Waals surface area contributed by atoms with Gasteiger partial charge in [0.05, 0.1) is 33.0 Å². The molecule has 2 amide bonds. The van der Waals surface area contributed by atoms with Crippen molar-refractivity contribution in [1.29, 1.82) is 0 Å². The number of anilines is 1. The Bertz CT molecular complexity index is 1000. The zero-order valence-electron chi connectivity index (χ0n) is 19.8. The zero-order valence-corrected chi connectivity index (χ0v) is 19.8. The maximum atomic E-state index is 12.5. The second-order valence-electron chi connectivity index (χ2n) is 7.77. The van der Waals surface area contributed by atoms with Crippen molar-refractivity contribution >= 4 is 23.2 Å². The molecule has 0 saturated carbocycles. The molecule has 0 fully saturated rings. The molecule has 33 heavy (non-hydrogen) atoms. The number of hydrazone groups is 1. The summed E-state index contributed by atoms with van der Waals surface area (Å²) in [6, 6.07) is 13.1. The summed E-state index contributed by atoms with van der Waals surface area (Å²) in [6.45, 7) is 6.46. The van der Waals surface area contributed by atoms with Gasteiger partial charge in [-0.25, -0.2) is 5.01 Å². The number of methoxy groups -OCH3 is 2. The van der Waals surface area contributed by atoms with Crippen LogP contribution in [-0.4, -0.2) is 61.3 Å². The first-order chi connectivity index (χ1) is 16.0. The van der Waals surface area contributed by atoms with Crippen molar-refractivity contribution in [2.75, 3.05) is 39.2 Å². The highest BCUT2D eigenvalue weighted by Gasteiger charge is 2.22. The summed E-state index contributed by atoms with van der Waals surface area (Å²) in [6.07, 6.45) is 0.967. The van der Waals surface area contributed by atoms with E-state index in [4.69, 9.17) is 9.47 Å².